The monoisotopic (exact) mass is 295 g/mol. The van der Waals surface area contributed by atoms with Crippen molar-refractivity contribution in [3.8, 4) is 11.1 Å². The fourth-order valence-electron chi connectivity index (χ4n) is 3.26. The number of carboxylic acid groups (broad SMARTS) is 1. The number of aryl methyl sites for hydroxylation is 1. The normalized spacial score (nSPS) is 18.5. The molecule has 1 atom stereocenters. The third kappa shape index (κ3) is 3.04. The minimum Gasteiger partial charge on any atom is -0.480 e. The maximum absolute atomic E-state index is 11.3. The van der Waals surface area contributed by atoms with E-state index in [1.54, 1.807) is 0 Å². The van der Waals surface area contributed by atoms with Gasteiger partial charge in [-0.1, -0.05) is 42.5 Å². The van der Waals surface area contributed by atoms with Gasteiger partial charge in [0, 0.05) is 6.54 Å². The highest BCUT2D eigenvalue weighted by atomic mass is 16.4. The Labute approximate surface area is 131 Å². The second-order valence-corrected chi connectivity index (χ2v) is 5.98. The molecule has 0 saturated carbocycles. The van der Waals surface area contributed by atoms with Gasteiger partial charge in [0.25, 0.3) is 0 Å². The lowest BCUT2D eigenvalue weighted by molar-refractivity contribution is -0.142. The first-order chi connectivity index (χ1) is 10.6. The van der Waals surface area contributed by atoms with Crippen molar-refractivity contribution in [1.82, 2.24) is 4.90 Å². The van der Waals surface area contributed by atoms with Crippen LogP contribution in [-0.4, -0.2) is 28.6 Å². The average Bonchev–Trinajstić information content (AvgIpc) is 2.96. The SMILES string of the molecule is Cc1ccccc1-c1cccc(CN2CCCC2C(=O)O)c1. The molecule has 2 aromatic rings. The van der Waals surface area contributed by atoms with Gasteiger partial charge in [-0.05, 0) is 54.6 Å². The summed E-state index contributed by atoms with van der Waals surface area (Å²) in [5.74, 6) is -0.701. The third-order valence-electron chi connectivity index (χ3n) is 4.42. The van der Waals surface area contributed by atoms with E-state index in [1.165, 1.54) is 22.3 Å². The lowest BCUT2D eigenvalue weighted by Crippen LogP contribution is -2.35. The number of aliphatic carboxylic acids is 1. The molecular formula is C19H21NO2. The molecule has 1 aliphatic heterocycles. The summed E-state index contributed by atoms with van der Waals surface area (Å²) in [4.78, 5) is 13.4. The molecule has 1 fully saturated rings. The fourth-order valence-corrected chi connectivity index (χ4v) is 3.26. The first-order valence-corrected chi connectivity index (χ1v) is 7.77. The first kappa shape index (κ1) is 14.8. The molecule has 3 heteroatoms. The second kappa shape index (κ2) is 6.32. The molecule has 1 unspecified atom stereocenters. The Hall–Kier alpha value is -2.13. The van der Waals surface area contributed by atoms with Crippen molar-refractivity contribution >= 4 is 5.97 Å². The van der Waals surface area contributed by atoms with Gasteiger partial charge in [0.15, 0.2) is 0 Å². The highest BCUT2D eigenvalue weighted by Gasteiger charge is 2.30. The van der Waals surface area contributed by atoms with Crippen LogP contribution < -0.4 is 0 Å². The number of benzene rings is 2. The molecule has 3 nitrogen and oxygen atoms in total. The highest BCUT2D eigenvalue weighted by molar-refractivity contribution is 5.74. The summed E-state index contributed by atoms with van der Waals surface area (Å²) in [6, 6.07) is 16.4. The molecule has 0 radical (unpaired) electrons. The zero-order chi connectivity index (χ0) is 15.5. The Morgan fingerprint density at radius 2 is 2.05 bits per heavy atom. The van der Waals surface area contributed by atoms with Gasteiger partial charge in [0.1, 0.15) is 6.04 Å². The van der Waals surface area contributed by atoms with Crippen molar-refractivity contribution in [1.29, 1.82) is 0 Å². The van der Waals surface area contributed by atoms with E-state index in [1.807, 2.05) is 6.07 Å². The highest BCUT2D eigenvalue weighted by Crippen LogP contribution is 2.26. The van der Waals surface area contributed by atoms with Crippen LogP contribution in [-0.2, 0) is 11.3 Å². The standard InChI is InChI=1S/C19H21NO2/c1-14-6-2-3-9-17(14)16-8-4-7-15(12-16)13-20-11-5-10-18(20)19(21)22/h2-4,6-9,12,18H,5,10-11,13H2,1H3,(H,21,22). The Bertz CT molecular complexity index is 681. The lowest BCUT2D eigenvalue weighted by Gasteiger charge is -2.21. The number of carbonyl (C=O) groups is 1. The average molecular weight is 295 g/mol. The van der Waals surface area contributed by atoms with E-state index in [-0.39, 0.29) is 6.04 Å². The smallest absolute Gasteiger partial charge is 0.320 e. The van der Waals surface area contributed by atoms with E-state index in [4.69, 9.17) is 0 Å². The molecule has 3 rings (SSSR count). The third-order valence-corrected chi connectivity index (χ3v) is 4.42. The summed E-state index contributed by atoms with van der Waals surface area (Å²) in [6.07, 6.45) is 1.72. The molecular weight excluding hydrogens is 274 g/mol. The van der Waals surface area contributed by atoms with Crippen molar-refractivity contribution in [2.75, 3.05) is 6.54 Å². The fraction of sp³-hybridized carbons (Fsp3) is 0.316. The maximum atomic E-state index is 11.3. The van der Waals surface area contributed by atoms with Crippen LogP contribution in [0.1, 0.15) is 24.0 Å². The number of hydrogen-bond donors (Lipinski definition) is 1. The van der Waals surface area contributed by atoms with Crippen LogP contribution in [0, 0.1) is 6.92 Å². The number of carboxylic acids is 1. The zero-order valence-electron chi connectivity index (χ0n) is 12.8. The van der Waals surface area contributed by atoms with Gasteiger partial charge < -0.3 is 5.11 Å². The van der Waals surface area contributed by atoms with Crippen molar-refractivity contribution < 1.29 is 9.90 Å². The van der Waals surface area contributed by atoms with Gasteiger partial charge in [-0.3, -0.25) is 9.69 Å². The molecule has 1 saturated heterocycles. The summed E-state index contributed by atoms with van der Waals surface area (Å²) in [6.45, 7) is 3.69. The van der Waals surface area contributed by atoms with Gasteiger partial charge in [-0.25, -0.2) is 0 Å². The van der Waals surface area contributed by atoms with E-state index in [0.717, 1.165) is 19.4 Å². The van der Waals surface area contributed by atoms with Crippen LogP contribution in [0.3, 0.4) is 0 Å². The Kier molecular flexibility index (Phi) is 4.25. The van der Waals surface area contributed by atoms with Crippen LogP contribution in [0.5, 0.6) is 0 Å². The van der Waals surface area contributed by atoms with E-state index >= 15 is 0 Å². The van der Waals surface area contributed by atoms with Crippen molar-refractivity contribution in [2.24, 2.45) is 0 Å². The van der Waals surface area contributed by atoms with Crippen LogP contribution in [0.4, 0.5) is 0 Å². The van der Waals surface area contributed by atoms with Gasteiger partial charge in [0.05, 0.1) is 0 Å². The quantitative estimate of drug-likeness (QED) is 0.934. The number of nitrogens with zero attached hydrogens (tertiary/aromatic N) is 1. The number of likely N-dealkylation sites (tertiary alicyclic amines) is 1. The predicted octanol–water partition coefficient (Wildman–Crippen LogP) is 3.71. The summed E-state index contributed by atoms with van der Waals surface area (Å²) in [5.41, 5.74) is 4.86. The molecule has 114 valence electrons. The first-order valence-electron chi connectivity index (χ1n) is 7.77. The topological polar surface area (TPSA) is 40.5 Å². The largest absolute Gasteiger partial charge is 0.480 e. The van der Waals surface area contributed by atoms with Crippen LogP contribution in [0.2, 0.25) is 0 Å². The van der Waals surface area contributed by atoms with Gasteiger partial charge in [0.2, 0.25) is 0 Å². The van der Waals surface area contributed by atoms with E-state index in [2.05, 4.69) is 54.3 Å². The Balaban J connectivity index is 1.83. The minimum absolute atomic E-state index is 0.331. The zero-order valence-corrected chi connectivity index (χ0v) is 12.8. The van der Waals surface area contributed by atoms with E-state index < -0.39 is 5.97 Å². The molecule has 0 aromatic heterocycles. The van der Waals surface area contributed by atoms with Crippen LogP contribution >= 0.6 is 0 Å². The molecule has 0 bridgehead atoms. The summed E-state index contributed by atoms with van der Waals surface area (Å²) < 4.78 is 0. The summed E-state index contributed by atoms with van der Waals surface area (Å²) in [5, 5.41) is 9.29. The van der Waals surface area contributed by atoms with Gasteiger partial charge >= 0.3 is 5.97 Å². The van der Waals surface area contributed by atoms with Crippen molar-refractivity contribution in [3.63, 3.8) is 0 Å². The molecule has 1 N–H and O–H groups in total. The van der Waals surface area contributed by atoms with Crippen LogP contribution in [0.15, 0.2) is 48.5 Å². The number of hydrogen-bond acceptors (Lipinski definition) is 2. The molecule has 1 aliphatic rings. The lowest BCUT2D eigenvalue weighted by atomic mass is 9.99. The molecule has 22 heavy (non-hydrogen) atoms. The molecule has 0 aliphatic carbocycles. The van der Waals surface area contributed by atoms with E-state index in [9.17, 15) is 9.90 Å². The second-order valence-electron chi connectivity index (χ2n) is 5.98. The minimum atomic E-state index is -0.701. The predicted molar refractivity (Wildman–Crippen MR) is 87.7 cm³/mol. The molecule has 2 aromatic carbocycles. The van der Waals surface area contributed by atoms with E-state index in [0.29, 0.717) is 6.54 Å². The van der Waals surface area contributed by atoms with Crippen LogP contribution in [0.25, 0.3) is 11.1 Å². The summed E-state index contributed by atoms with van der Waals surface area (Å²) in [7, 11) is 0. The Morgan fingerprint density at radius 1 is 1.23 bits per heavy atom. The van der Waals surface area contributed by atoms with Gasteiger partial charge in [-0.15, -0.1) is 0 Å². The van der Waals surface area contributed by atoms with Crippen molar-refractivity contribution in [3.05, 3.63) is 59.7 Å². The number of rotatable bonds is 4. The Morgan fingerprint density at radius 3 is 2.82 bits per heavy atom. The molecule has 1 heterocycles. The summed E-state index contributed by atoms with van der Waals surface area (Å²) >= 11 is 0. The maximum Gasteiger partial charge on any atom is 0.320 e. The van der Waals surface area contributed by atoms with Gasteiger partial charge in [-0.2, -0.15) is 0 Å². The molecule has 0 spiro atoms. The molecule has 0 amide bonds. The van der Waals surface area contributed by atoms with Crippen molar-refractivity contribution in [2.45, 2.75) is 32.4 Å².